The van der Waals surface area contributed by atoms with E-state index < -0.39 is 0 Å². The second-order valence-corrected chi connectivity index (χ2v) is 6.30. The molecule has 1 fully saturated rings. The molecule has 0 radical (unpaired) electrons. The average Bonchev–Trinajstić information content (AvgIpc) is 2.33. The Morgan fingerprint density at radius 1 is 1.11 bits per heavy atom. The molecule has 0 aromatic heterocycles. The molecule has 2 nitrogen and oxygen atoms in total. The first-order valence-electron chi connectivity index (χ1n) is 6.98. The van der Waals surface area contributed by atoms with Crippen LogP contribution >= 0.6 is 15.9 Å². The highest BCUT2D eigenvalue weighted by Gasteiger charge is 2.28. The van der Waals surface area contributed by atoms with E-state index in [9.17, 15) is 0 Å². The van der Waals surface area contributed by atoms with E-state index in [-0.39, 0.29) is 5.54 Å². The predicted octanol–water partition coefficient (Wildman–Crippen LogP) is 4.30. The van der Waals surface area contributed by atoms with Crippen molar-refractivity contribution in [3.8, 4) is 0 Å². The molecule has 0 bridgehead atoms. The van der Waals surface area contributed by atoms with Gasteiger partial charge in [0.1, 0.15) is 0 Å². The molecule has 0 aliphatic heterocycles. The van der Waals surface area contributed by atoms with Gasteiger partial charge in [-0.1, -0.05) is 54.1 Å². The number of rotatable bonds is 3. The van der Waals surface area contributed by atoms with Gasteiger partial charge in [0.25, 0.3) is 0 Å². The molecular formula is C15H23BrN2. The van der Waals surface area contributed by atoms with Crippen LogP contribution in [0.25, 0.3) is 0 Å². The van der Waals surface area contributed by atoms with Crippen LogP contribution in [0.15, 0.2) is 28.7 Å². The highest BCUT2D eigenvalue weighted by atomic mass is 79.9. The zero-order valence-corrected chi connectivity index (χ0v) is 12.5. The molecule has 0 saturated heterocycles. The minimum absolute atomic E-state index is 0.0984. The fourth-order valence-electron chi connectivity index (χ4n) is 2.83. The molecule has 3 N–H and O–H groups in total. The Morgan fingerprint density at radius 3 is 2.39 bits per heavy atom. The zero-order valence-electron chi connectivity index (χ0n) is 10.9. The fraction of sp³-hybridized carbons (Fsp3) is 0.600. The van der Waals surface area contributed by atoms with Crippen LogP contribution in [0.2, 0.25) is 0 Å². The quantitative estimate of drug-likeness (QED) is 0.873. The van der Waals surface area contributed by atoms with Gasteiger partial charge in [-0.2, -0.15) is 0 Å². The number of hydrogen-bond donors (Lipinski definition) is 2. The number of anilines is 1. The summed E-state index contributed by atoms with van der Waals surface area (Å²) in [4.78, 5) is 0. The summed E-state index contributed by atoms with van der Waals surface area (Å²) in [6.45, 7) is 0.722. The summed E-state index contributed by atoms with van der Waals surface area (Å²) in [6, 6.07) is 8.38. The summed E-state index contributed by atoms with van der Waals surface area (Å²) in [7, 11) is 0. The zero-order chi connectivity index (χ0) is 12.8. The van der Waals surface area contributed by atoms with Gasteiger partial charge in [0, 0.05) is 22.2 Å². The van der Waals surface area contributed by atoms with Gasteiger partial charge in [-0.05, 0) is 31.0 Å². The monoisotopic (exact) mass is 310 g/mol. The van der Waals surface area contributed by atoms with Gasteiger partial charge >= 0.3 is 0 Å². The summed E-state index contributed by atoms with van der Waals surface area (Å²) in [5.74, 6) is 0. The summed E-state index contributed by atoms with van der Waals surface area (Å²) < 4.78 is 1.12. The van der Waals surface area contributed by atoms with Crippen molar-refractivity contribution < 1.29 is 0 Å². The SMILES string of the molecule is NCC1(Nc2cccc(Br)c2)CCCCCCC1. The molecule has 0 heterocycles. The van der Waals surface area contributed by atoms with Crippen molar-refractivity contribution in [1.82, 2.24) is 0 Å². The first-order valence-corrected chi connectivity index (χ1v) is 7.77. The lowest BCUT2D eigenvalue weighted by Gasteiger charge is -2.36. The van der Waals surface area contributed by atoms with Crippen molar-refractivity contribution in [3.63, 3.8) is 0 Å². The second-order valence-electron chi connectivity index (χ2n) is 5.39. The molecule has 1 aromatic carbocycles. The standard InChI is InChI=1S/C15H23BrN2/c16-13-7-6-8-14(11-13)18-15(12-17)9-4-2-1-3-5-10-15/h6-8,11,18H,1-5,9-10,12,17H2. The third kappa shape index (κ3) is 3.72. The molecule has 3 heteroatoms. The summed E-state index contributed by atoms with van der Waals surface area (Å²) in [6.07, 6.45) is 9.05. The van der Waals surface area contributed by atoms with Crippen molar-refractivity contribution in [3.05, 3.63) is 28.7 Å². The highest BCUT2D eigenvalue weighted by molar-refractivity contribution is 9.10. The Bertz CT molecular complexity index is 371. The maximum Gasteiger partial charge on any atom is 0.0495 e. The molecule has 0 atom stereocenters. The van der Waals surface area contributed by atoms with Gasteiger partial charge in [-0.15, -0.1) is 0 Å². The van der Waals surface area contributed by atoms with Gasteiger partial charge in [-0.3, -0.25) is 0 Å². The van der Waals surface area contributed by atoms with Crippen LogP contribution in [0.3, 0.4) is 0 Å². The van der Waals surface area contributed by atoms with Crippen molar-refractivity contribution >= 4 is 21.6 Å². The number of nitrogens with two attached hydrogens (primary N) is 1. The van der Waals surface area contributed by atoms with Crippen LogP contribution in [-0.4, -0.2) is 12.1 Å². The summed E-state index contributed by atoms with van der Waals surface area (Å²) in [5, 5.41) is 3.70. The Labute approximate surface area is 118 Å². The molecule has 1 saturated carbocycles. The topological polar surface area (TPSA) is 38.0 Å². The minimum Gasteiger partial charge on any atom is -0.378 e. The first-order chi connectivity index (χ1) is 8.74. The number of nitrogens with one attached hydrogen (secondary N) is 1. The molecule has 18 heavy (non-hydrogen) atoms. The lowest BCUT2D eigenvalue weighted by Crippen LogP contribution is -2.46. The van der Waals surface area contributed by atoms with Gasteiger partial charge in [0.05, 0.1) is 0 Å². The molecule has 1 aliphatic carbocycles. The normalized spacial score (nSPS) is 19.9. The van der Waals surface area contributed by atoms with E-state index in [1.807, 2.05) is 0 Å². The molecule has 0 unspecified atom stereocenters. The van der Waals surface area contributed by atoms with Gasteiger partial charge < -0.3 is 11.1 Å². The van der Waals surface area contributed by atoms with Crippen LogP contribution in [-0.2, 0) is 0 Å². The van der Waals surface area contributed by atoms with Crippen molar-refractivity contribution in [2.45, 2.75) is 50.5 Å². The third-order valence-corrected chi connectivity index (χ3v) is 4.43. The van der Waals surface area contributed by atoms with E-state index >= 15 is 0 Å². The second kappa shape index (κ2) is 6.58. The third-order valence-electron chi connectivity index (χ3n) is 3.94. The van der Waals surface area contributed by atoms with Crippen molar-refractivity contribution in [2.24, 2.45) is 5.73 Å². The van der Waals surface area contributed by atoms with E-state index in [2.05, 4.69) is 45.5 Å². The van der Waals surface area contributed by atoms with E-state index in [0.29, 0.717) is 0 Å². The van der Waals surface area contributed by atoms with E-state index in [1.165, 1.54) is 50.6 Å². The molecule has 1 aliphatic rings. The van der Waals surface area contributed by atoms with E-state index in [1.54, 1.807) is 0 Å². The fourth-order valence-corrected chi connectivity index (χ4v) is 3.23. The van der Waals surface area contributed by atoms with Crippen LogP contribution in [0.1, 0.15) is 44.9 Å². The van der Waals surface area contributed by atoms with E-state index in [0.717, 1.165) is 11.0 Å². The van der Waals surface area contributed by atoms with Gasteiger partial charge in [-0.25, -0.2) is 0 Å². The Hall–Kier alpha value is -0.540. The molecule has 0 spiro atoms. The first kappa shape index (κ1) is 13.9. The maximum absolute atomic E-state index is 6.07. The van der Waals surface area contributed by atoms with Crippen LogP contribution < -0.4 is 11.1 Å². The van der Waals surface area contributed by atoms with Crippen LogP contribution in [0.4, 0.5) is 5.69 Å². The summed E-state index contributed by atoms with van der Waals surface area (Å²) >= 11 is 3.52. The predicted molar refractivity (Wildman–Crippen MR) is 81.9 cm³/mol. The average molecular weight is 311 g/mol. The lowest BCUT2D eigenvalue weighted by molar-refractivity contribution is 0.351. The Kier molecular flexibility index (Phi) is 5.07. The van der Waals surface area contributed by atoms with Crippen molar-refractivity contribution in [1.29, 1.82) is 0 Å². The highest BCUT2D eigenvalue weighted by Crippen LogP contribution is 2.30. The van der Waals surface area contributed by atoms with Gasteiger partial charge in [0.15, 0.2) is 0 Å². The maximum atomic E-state index is 6.07. The molecule has 0 amide bonds. The number of benzene rings is 1. The summed E-state index contributed by atoms with van der Waals surface area (Å²) in [5.41, 5.74) is 7.35. The number of hydrogen-bond acceptors (Lipinski definition) is 2. The molecule has 1 aromatic rings. The lowest BCUT2D eigenvalue weighted by atomic mass is 9.83. The smallest absolute Gasteiger partial charge is 0.0495 e. The minimum atomic E-state index is 0.0984. The largest absolute Gasteiger partial charge is 0.378 e. The molecular weight excluding hydrogens is 288 g/mol. The van der Waals surface area contributed by atoms with Crippen LogP contribution in [0.5, 0.6) is 0 Å². The van der Waals surface area contributed by atoms with Crippen molar-refractivity contribution in [2.75, 3.05) is 11.9 Å². The molecule has 100 valence electrons. The Morgan fingerprint density at radius 2 is 1.78 bits per heavy atom. The van der Waals surface area contributed by atoms with E-state index in [4.69, 9.17) is 5.73 Å². The van der Waals surface area contributed by atoms with Gasteiger partial charge in [0.2, 0.25) is 0 Å². The Balaban J connectivity index is 2.10. The molecule has 2 rings (SSSR count). The number of halogens is 1. The van der Waals surface area contributed by atoms with Crippen LogP contribution in [0, 0.1) is 0 Å².